The number of hydrogen-bond donors (Lipinski definition) is 2. The van der Waals surface area contributed by atoms with Crippen molar-refractivity contribution in [3.63, 3.8) is 0 Å². The number of carbonyl (C=O) groups excluding carboxylic acids is 1. The van der Waals surface area contributed by atoms with Crippen LogP contribution in [0.15, 0.2) is 12.3 Å². The Kier molecular flexibility index (Phi) is 2.98. The van der Waals surface area contributed by atoms with E-state index in [0.717, 1.165) is 5.56 Å². The first-order chi connectivity index (χ1) is 6.80. The second-order valence-electron chi connectivity index (χ2n) is 4.58. The van der Waals surface area contributed by atoms with Gasteiger partial charge in [-0.05, 0) is 18.6 Å². The van der Waals surface area contributed by atoms with Crippen LogP contribution in [0.4, 0.5) is 5.82 Å². The first kappa shape index (κ1) is 11.5. The number of anilines is 1. The summed E-state index contributed by atoms with van der Waals surface area (Å²) < 4.78 is 0. The Labute approximate surface area is 89.3 Å². The van der Waals surface area contributed by atoms with Crippen LogP contribution >= 0.6 is 0 Å². The average molecular weight is 208 g/mol. The highest BCUT2D eigenvalue weighted by molar-refractivity contribution is 5.94. The SMILES string of the molecule is Cc1cnc(NC(=O)C(C)(C)C)c(O)c1. The normalized spacial score (nSPS) is 11.2. The highest BCUT2D eigenvalue weighted by Gasteiger charge is 2.22. The fourth-order valence-corrected chi connectivity index (χ4v) is 0.945. The van der Waals surface area contributed by atoms with Crippen molar-refractivity contribution in [1.82, 2.24) is 4.98 Å². The molecule has 82 valence electrons. The Morgan fingerprint density at radius 1 is 1.47 bits per heavy atom. The standard InChI is InChI=1S/C11H16N2O2/c1-7-5-8(14)9(12-6-7)13-10(15)11(2,3)4/h5-6,14H,1-4H3,(H,12,13,15). The predicted octanol–water partition coefficient (Wildman–Crippen LogP) is 2.08. The van der Waals surface area contributed by atoms with Crippen LogP contribution in [0.1, 0.15) is 26.3 Å². The van der Waals surface area contributed by atoms with Gasteiger partial charge in [-0.25, -0.2) is 4.98 Å². The van der Waals surface area contributed by atoms with Crippen LogP contribution in [0.2, 0.25) is 0 Å². The summed E-state index contributed by atoms with van der Waals surface area (Å²) in [6, 6.07) is 1.56. The van der Waals surface area contributed by atoms with E-state index >= 15 is 0 Å². The van der Waals surface area contributed by atoms with Gasteiger partial charge in [0.15, 0.2) is 11.6 Å². The third-order valence-electron chi connectivity index (χ3n) is 1.92. The van der Waals surface area contributed by atoms with E-state index in [1.807, 2.05) is 6.92 Å². The van der Waals surface area contributed by atoms with Gasteiger partial charge in [-0.1, -0.05) is 20.8 Å². The van der Waals surface area contributed by atoms with E-state index in [9.17, 15) is 9.90 Å². The molecule has 0 aromatic carbocycles. The molecule has 0 spiro atoms. The molecule has 4 nitrogen and oxygen atoms in total. The lowest BCUT2D eigenvalue weighted by molar-refractivity contribution is -0.123. The monoisotopic (exact) mass is 208 g/mol. The van der Waals surface area contributed by atoms with Crippen LogP contribution in [-0.2, 0) is 4.79 Å². The number of aromatic hydroxyl groups is 1. The largest absolute Gasteiger partial charge is 0.504 e. The van der Waals surface area contributed by atoms with E-state index in [0.29, 0.717) is 0 Å². The summed E-state index contributed by atoms with van der Waals surface area (Å²) in [5.74, 6) is 0.0299. The summed E-state index contributed by atoms with van der Waals surface area (Å²) >= 11 is 0. The fraction of sp³-hybridized carbons (Fsp3) is 0.455. The maximum Gasteiger partial charge on any atom is 0.231 e. The number of nitrogens with zero attached hydrogens (tertiary/aromatic N) is 1. The first-order valence-corrected chi connectivity index (χ1v) is 4.78. The zero-order valence-electron chi connectivity index (χ0n) is 9.46. The van der Waals surface area contributed by atoms with E-state index in [-0.39, 0.29) is 17.5 Å². The van der Waals surface area contributed by atoms with Crippen molar-refractivity contribution < 1.29 is 9.90 Å². The smallest absolute Gasteiger partial charge is 0.231 e. The summed E-state index contributed by atoms with van der Waals surface area (Å²) in [5, 5.41) is 12.1. The van der Waals surface area contributed by atoms with Crippen LogP contribution in [0.25, 0.3) is 0 Å². The molecule has 0 aliphatic carbocycles. The van der Waals surface area contributed by atoms with Crippen LogP contribution in [-0.4, -0.2) is 16.0 Å². The molecule has 0 aliphatic heterocycles. The van der Waals surface area contributed by atoms with Gasteiger partial charge in [0.05, 0.1) is 0 Å². The molecule has 0 radical (unpaired) electrons. The lowest BCUT2D eigenvalue weighted by Crippen LogP contribution is -2.28. The van der Waals surface area contributed by atoms with Gasteiger partial charge in [0.1, 0.15) is 0 Å². The topological polar surface area (TPSA) is 62.2 Å². The number of carbonyl (C=O) groups is 1. The molecule has 1 aromatic heterocycles. The van der Waals surface area contributed by atoms with Crippen LogP contribution in [0, 0.1) is 12.3 Å². The molecule has 1 aromatic rings. The molecule has 1 rings (SSSR count). The predicted molar refractivity (Wildman–Crippen MR) is 58.7 cm³/mol. The highest BCUT2D eigenvalue weighted by Crippen LogP contribution is 2.23. The molecule has 0 unspecified atom stereocenters. The number of pyridine rings is 1. The van der Waals surface area contributed by atoms with Gasteiger partial charge in [-0.3, -0.25) is 4.79 Å². The maximum absolute atomic E-state index is 11.6. The number of nitrogens with one attached hydrogen (secondary N) is 1. The molecule has 1 heterocycles. The Bertz CT molecular complexity index is 381. The van der Waals surface area contributed by atoms with Gasteiger partial charge >= 0.3 is 0 Å². The van der Waals surface area contributed by atoms with Crippen LogP contribution < -0.4 is 5.32 Å². The Morgan fingerprint density at radius 3 is 2.53 bits per heavy atom. The molecule has 0 saturated carbocycles. The molecule has 0 atom stereocenters. The second kappa shape index (κ2) is 3.88. The lowest BCUT2D eigenvalue weighted by atomic mass is 9.96. The molecule has 15 heavy (non-hydrogen) atoms. The third kappa shape index (κ3) is 2.94. The van der Waals surface area contributed by atoms with Crippen LogP contribution in [0.5, 0.6) is 5.75 Å². The van der Waals surface area contributed by atoms with Gasteiger partial charge in [0, 0.05) is 11.6 Å². The van der Waals surface area contributed by atoms with Crippen molar-refractivity contribution in [2.75, 3.05) is 5.32 Å². The Morgan fingerprint density at radius 2 is 2.07 bits per heavy atom. The summed E-state index contributed by atoms with van der Waals surface area (Å²) in [7, 11) is 0. The minimum Gasteiger partial charge on any atom is -0.504 e. The van der Waals surface area contributed by atoms with E-state index in [1.165, 1.54) is 0 Å². The molecule has 1 amide bonds. The van der Waals surface area contributed by atoms with E-state index in [4.69, 9.17) is 0 Å². The van der Waals surface area contributed by atoms with Crippen LogP contribution in [0.3, 0.4) is 0 Å². The summed E-state index contributed by atoms with van der Waals surface area (Å²) in [6.45, 7) is 7.22. The maximum atomic E-state index is 11.6. The van der Waals surface area contributed by atoms with Crippen molar-refractivity contribution in [3.05, 3.63) is 17.8 Å². The van der Waals surface area contributed by atoms with Gasteiger partial charge in [-0.2, -0.15) is 0 Å². The number of amides is 1. The Balaban J connectivity index is 2.87. The van der Waals surface area contributed by atoms with E-state index in [2.05, 4.69) is 10.3 Å². The van der Waals surface area contributed by atoms with Gasteiger partial charge in [0.2, 0.25) is 5.91 Å². The van der Waals surface area contributed by atoms with Crippen molar-refractivity contribution in [2.24, 2.45) is 5.41 Å². The summed E-state index contributed by atoms with van der Waals surface area (Å²) in [4.78, 5) is 15.6. The van der Waals surface area contributed by atoms with Crippen molar-refractivity contribution in [3.8, 4) is 5.75 Å². The third-order valence-corrected chi connectivity index (χ3v) is 1.92. The molecule has 0 fully saturated rings. The van der Waals surface area contributed by atoms with E-state index < -0.39 is 5.41 Å². The molecular weight excluding hydrogens is 192 g/mol. The van der Waals surface area contributed by atoms with Crippen molar-refractivity contribution in [2.45, 2.75) is 27.7 Å². The molecule has 4 heteroatoms. The number of aryl methyl sites for hydroxylation is 1. The quantitative estimate of drug-likeness (QED) is 0.742. The number of aromatic nitrogens is 1. The van der Waals surface area contributed by atoms with E-state index in [1.54, 1.807) is 33.0 Å². The second-order valence-corrected chi connectivity index (χ2v) is 4.58. The van der Waals surface area contributed by atoms with Crippen molar-refractivity contribution in [1.29, 1.82) is 0 Å². The molecular formula is C11H16N2O2. The molecule has 0 aliphatic rings. The molecule has 0 bridgehead atoms. The zero-order chi connectivity index (χ0) is 11.6. The summed E-state index contributed by atoms with van der Waals surface area (Å²) in [6.07, 6.45) is 1.60. The molecule has 2 N–H and O–H groups in total. The van der Waals surface area contributed by atoms with Crippen molar-refractivity contribution >= 4 is 11.7 Å². The van der Waals surface area contributed by atoms with Gasteiger partial charge in [0.25, 0.3) is 0 Å². The Hall–Kier alpha value is -1.58. The number of hydrogen-bond acceptors (Lipinski definition) is 3. The lowest BCUT2D eigenvalue weighted by Gasteiger charge is -2.17. The van der Waals surface area contributed by atoms with Gasteiger partial charge < -0.3 is 10.4 Å². The molecule has 0 saturated heterocycles. The average Bonchev–Trinajstić information content (AvgIpc) is 2.08. The highest BCUT2D eigenvalue weighted by atomic mass is 16.3. The van der Waals surface area contributed by atoms with Gasteiger partial charge in [-0.15, -0.1) is 0 Å². The number of rotatable bonds is 1. The fourth-order valence-electron chi connectivity index (χ4n) is 0.945. The minimum absolute atomic E-state index is 0.00685. The minimum atomic E-state index is -0.501. The zero-order valence-corrected chi connectivity index (χ0v) is 9.46. The summed E-state index contributed by atoms with van der Waals surface area (Å²) in [5.41, 5.74) is 0.347. The first-order valence-electron chi connectivity index (χ1n) is 4.78.